The van der Waals surface area contributed by atoms with Gasteiger partial charge in [-0.15, -0.1) is 0 Å². The van der Waals surface area contributed by atoms with Crippen molar-refractivity contribution in [2.24, 2.45) is 0 Å². The summed E-state index contributed by atoms with van der Waals surface area (Å²) in [5.74, 6) is -1.61. The maximum atomic E-state index is 12.2. The SMILES string of the molecule is O=C(NS(=O)(=O)C(F)(F)F)c1cc(I)c(S(=O)(=O)[O-])c(I)c1. The Labute approximate surface area is 149 Å². The summed E-state index contributed by atoms with van der Waals surface area (Å²) >= 11 is 2.78. The van der Waals surface area contributed by atoms with Gasteiger partial charge in [0.05, 0.1) is 4.90 Å². The van der Waals surface area contributed by atoms with E-state index in [-0.39, 0.29) is 7.14 Å². The first-order valence-electron chi connectivity index (χ1n) is 4.75. The number of hydrogen-bond acceptors (Lipinski definition) is 6. The number of rotatable bonds is 3. The Hall–Kier alpha value is -0.200. The molecule has 1 amide bonds. The quantitative estimate of drug-likeness (QED) is 0.424. The number of amides is 1. The average molecular weight is 584 g/mol. The Balaban J connectivity index is 3.29. The third kappa shape index (κ3) is 4.42. The van der Waals surface area contributed by atoms with Crippen molar-refractivity contribution in [3.05, 3.63) is 24.8 Å². The molecule has 0 saturated heterocycles. The van der Waals surface area contributed by atoms with Crippen molar-refractivity contribution < 1.29 is 39.4 Å². The molecule has 1 N–H and O–H groups in total. The lowest BCUT2D eigenvalue weighted by molar-refractivity contribution is -0.0446. The first-order valence-corrected chi connectivity index (χ1v) is 9.80. The van der Waals surface area contributed by atoms with Crippen LogP contribution >= 0.6 is 45.2 Å². The van der Waals surface area contributed by atoms with Crippen molar-refractivity contribution in [1.29, 1.82) is 0 Å². The van der Waals surface area contributed by atoms with E-state index in [4.69, 9.17) is 0 Å². The van der Waals surface area contributed by atoms with Crippen LogP contribution in [0.25, 0.3) is 0 Å². The number of halogens is 5. The Morgan fingerprint density at radius 1 is 1.09 bits per heavy atom. The first kappa shape index (κ1) is 19.8. The number of hydrogen-bond donors (Lipinski definition) is 1. The van der Waals surface area contributed by atoms with Gasteiger partial charge >= 0.3 is 15.5 Å². The lowest BCUT2D eigenvalue weighted by Crippen LogP contribution is -2.40. The van der Waals surface area contributed by atoms with E-state index in [0.29, 0.717) is 0 Å². The molecule has 0 saturated carbocycles. The van der Waals surface area contributed by atoms with Gasteiger partial charge in [-0.1, -0.05) is 0 Å². The van der Waals surface area contributed by atoms with Crippen LogP contribution in [0.5, 0.6) is 0 Å². The van der Waals surface area contributed by atoms with Crippen LogP contribution in [0.4, 0.5) is 13.2 Å². The molecule has 0 bridgehead atoms. The Morgan fingerprint density at radius 3 is 1.82 bits per heavy atom. The van der Waals surface area contributed by atoms with Crippen LogP contribution < -0.4 is 4.72 Å². The maximum Gasteiger partial charge on any atom is 0.516 e. The van der Waals surface area contributed by atoms with E-state index in [1.54, 1.807) is 0 Å². The van der Waals surface area contributed by atoms with E-state index in [9.17, 15) is 39.4 Å². The van der Waals surface area contributed by atoms with E-state index >= 15 is 0 Å². The molecule has 0 fully saturated rings. The van der Waals surface area contributed by atoms with Gasteiger partial charge < -0.3 is 4.55 Å². The zero-order chi connectivity index (χ0) is 17.5. The molecule has 0 aromatic heterocycles. The van der Waals surface area contributed by atoms with Crippen LogP contribution in [-0.4, -0.2) is 32.8 Å². The minimum atomic E-state index is -5.89. The third-order valence-corrected chi connectivity index (χ3v) is 6.48. The maximum absolute atomic E-state index is 12.2. The van der Waals surface area contributed by atoms with Crippen molar-refractivity contribution >= 4 is 71.2 Å². The second kappa shape index (κ2) is 6.36. The van der Waals surface area contributed by atoms with Gasteiger partial charge in [0.2, 0.25) is 0 Å². The smallest absolute Gasteiger partial charge is 0.516 e. The van der Waals surface area contributed by atoms with E-state index in [1.807, 2.05) is 0 Å². The van der Waals surface area contributed by atoms with E-state index < -0.39 is 42.0 Å². The van der Waals surface area contributed by atoms with Crippen molar-refractivity contribution in [2.45, 2.75) is 10.4 Å². The first-order chi connectivity index (χ1) is 9.67. The Morgan fingerprint density at radius 2 is 1.50 bits per heavy atom. The fourth-order valence-corrected chi connectivity index (χ4v) is 5.63. The van der Waals surface area contributed by atoms with Gasteiger partial charge in [0.25, 0.3) is 5.91 Å². The fraction of sp³-hybridized carbons (Fsp3) is 0.125. The number of alkyl halides is 3. The fourth-order valence-electron chi connectivity index (χ4n) is 1.17. The number of sulfonamides is 1. The van der Waals surface area contributed by atoms with Crippen LogP contribution in [0, 0.1) is 7.14 Å². The molecular weight excluding hydrogens is 581 g/mol. The molecule has 124 valence electrons. The van der Waals surface area contributed by atoms with Crippen LogP contribution in [0.15, 0.2) is 17.0 Å². The zero-order valence-corrected chi connectivity index (χ0v) is 15.8. The molecule has 0 heterocycles. The zero-order valence-electron chi connectivity index (χ0n) is 9.81. The third-order valence-electron chi connectivity index (χ3n) is 2.04. The molecule has 0 aliphatic carbocycles. The highest BCUT2D eigenvalue weighted by Gasteiger charge is 2.47. The highest BCUT2D eigenvalue weighted by atomic mass is 127. The molecular formula is C8H3F3I2NO6S2-. The molecule has 14 heteroatoms. The lowest BCUT2D eigenvalue weighted by atomic mass is 10.2. The number of nitrogens with one attached hydrogen (secondary N) is 1. The van der Waals surface area contributed by atoms with E-state index in [1.165, 1.54) is 45.2 Å². The molecule has 0 aliphatic heterocycles. The van der Waals surface area contributed by atoms with Crippen molar-refractivity contribution in [2.75, 3.05) is 0 Å². The topological polar surface area (TPSA) is 120 Å². The summed E-state index contributed by atoms with van der Waals surface area (Å²) in [6.07, 6.45) is 0. The molecule has 0 aliphatic rings. The van der Waals surface area contributed by atoms with Gasteiger partial charge in [-0.05, 0) is 57.3 Å². The van der Waals surface area contributed by atoms with Crippen LogP contribution in [0.1, 0.15) is 10.4 Å². The summed E-state index contributed by atoms with van der Waals surface area (Å²) in [7, 11) is -10.8. The normalized spacial score (nSPS) is 13.0. The monoisotopic (exact) mass is 584 g/mol. The van der Waals surface area contributed by atoms with Gasteiger partial charge in [-0.2, -0.15) is 21.6 Å². The van der Waals surface area contributed by atoms with Gasteiger partial charge in [-0.25, -0.2) is 13.1 Å². The molecule has 0 atom stereocenters. The second-order valence-corrected chi connectivity index (χ2v) is 8.92. The predicted octanol–water partition coefficient (Wildman–Crippen LogP) is 1.38. The molecule has 0 spiro atoms. The summed E-state index contributed by atoms with van der Waals surface area (Å²) in [5, 5.41) is 0. The van der Waals surface area contributed by atoms with Crippen LogP contribution in [0.2, 0.25) is 0 Å². The van der Waals surface area contributed by atoms with Gasteiger partial charge in [-0.3, -0.25) is 4.79 Å². The molecule has 0 unspecified atom stereocenters. The van der Waals surface area contributed by atoms with E-state index in [2.05, 4.69) is 0 Å². The summed E-state index contributed by atoms with van der Waals surface area (Å²) < 4.78 is 91.5. The van der Waals surface area contributed by atoms with Crippen molar-refractivity contribution in [3.8, 4) is 0 Å². The highest BCUT2D eigenvalue weighted by molar-refractivity contribution is 14.1. The Kier molecular flexibility index (Phi) is 5.74. The summed E-state index contributed by atoms with van der Waals surface area (Å²) in [6, 6.07) is 1.57. The lowest BCUT2D eigenvalue weighted by Gasteiger charge is -2.14. The minimum absolute atomic E-state index is 0.228. The standard InChI is InChI=1S/C8H4F3I2NO6S2/c9-8(10,11)22(19,20)14-7(15)3-1-4(12)6(5(13)2-3)21(16,17)18/h1-2H,(H,14,15)(H,16,17,18)/p-1. The minimum Gasteiger partial charge on any atom is -0.744 e. The summed E-state index contributed by atoms with van der Waals surface area (Å²) in [6.45, 7) is 0. The number of benzene rings is 1. The molecule has 22 heavy (non-hydrogen) atoms. The molecule has 1 aromatic carbocycles. The van der Waals surface area contributed by atoms with Crippen molar-refractivity contribution in [1.82, 2.24) is 4.72 Å². The average Bonchev–Trinajstić information content (AvgIpc) is 2.23. The predicted molar refractivity (Wildman–Crippen MR) is 82.3 cm³/mol. The van der Waals surface area contributed by atoms with Crippen LogP contribution in [0.3, 0.4) is 0 Å². The van der Waals surface area contributed by atoms with Gasteiger partial charge in [0.1, 0.15) is 10.1 Å². The van der Waals surface area contributed by atoms with Gasteiger partial charge in [0, 0.05) is 12.7 Å². The Bertz CT molecular complexity index is 811. The second-order valence-electron chi connectivity index (χ2n) is 3.60. The highest BCUT2D eigenvalue weighted by Crippen LogP contribution is 2.27. The van der Waals surface area contributed by atoms with Crippen LogP contribution in [-0.2, 0) is 20.1 Å². The van der Waals surface area contributed by atoms with Gasteiger partial charge in [0.15, 0.2) is 0 Å². The number of carbonyl (C=O) groups is 1. The summed E-state index contributed by atoms with van der Waals surface area (Å²) in [4.78, 5) is 10.9. The molecule has 0 radical (unpaired) electrons. The largest absolute Gasteiger partial charge is 0.744 e. The summed E-state index contributed by atoms with van der Waals surface area (Å²) in [5.41, 5.74) is -6.23. The molecule has 1 rings (SSSR count). The van der Waals surface area contributed by atoms with Crippen molar-refractivity contribution in [3.63, 3.8) is 0 Å². The van der Waals surface area contributed by atoms with E-state index in [0.717, 1.165) is 16.9 Å². The molecule has 1 aromatic rings. The molecule has 7 nitrogen and oxygen atoms in total. The number of carbonyl (C=O) groups excluding carboxylic acids is 1.